The molecule has 1 aromatic carbocycles. The summed E-state index contributed by atoms with van der Waals surface area (Å²) in [5, 5.41) is 6.52. The Labute approximate surface area is 217 Å². The lowest BCUT2D eigenvalue weighted by Crippen LogP contribution is -2.46. The van der Waals surface area contributed by atoms with Crippen molar-refractivity contribution in [1.29, 1.82) is 0 Å². The standard InChI is InChI=1S/C15H27NO3Si.C10H25NO3Si/c1-4-17-20(18-5-2,19-6-3)14-10-13-16-15-11-8-7-9-12-15;1-5-12-15(13-6-2,14-7-3)10-8-9-11-4/h7-9,11-12,16H,4-6,10,13-14H2,1-3H3;11H,5-10H2,1-4H3. The second-order valence-corrected chi connectivity index (χ2v) is 13.0. The minimum Gasteiger partial charge on any atom is -0.385 e. The summed E-state index contributed by atoms with van der Waals surface area (Å²) in [5.41, 5.74) is 1.14. The van der Waals surface area contributed by atoms with Gasteiger partial charge >= 0.3 is 17.6 Å². The molecular formula is C25H52N2O6Si2. The molecule has 2 N–H and O–H groups in total. The van der Waals surface area contributed by atoms with Crippen LogP contribution in [0.4, 0.5) is 5.69 Å². The van der Waals surface area contributed by atoms with Crippen molar-refractivity contribution in [3.8, 4) is 0 Å². The van der Waals surface area contributed by atoms with Crippen LogP contribution < -0.4 is 10.6 Å². The maximum Gasteiger partial charge on any atom is 0.500 e. The highest BCUT2D eigenvalue weighted by Crippen LogP contribution is 2.19. The predicted molar refractivity (Wildman–Crippen MR) is 149 cm³/mol. The van der Waals surface area contributed by atoms with E-state index in [1.807, 2.05) is 66.8 Å². The molecule has 0 aromatic heterocycles. The van der Waals surface area contributed by atoms with Crippen LogP contribution in [0.5, 0.6) is 0 Å². The normalized spacial score (nSPS) is 11.7. The molecule has 0 bridgehead atoms. The molecule has 0 radical (unpaired) electrons. The van der Waals surface area contributed by atoms with Gasteiger partial charge in [0.2, 0.25) is 0 Å². The number of hydrogen-bond acceptors (Lipinski definition) is 8. The smallest absolute Gasteiger partial charge is 0.385 e. The summed E-state index contributed by atoms with van der Waals surface area (Å²) in [7, 11) is -2.90. The zero-order valence-electron chi connectivity index (χ0n) is 23.3. The Morgan fingerprint density at radius 2 is 0.943 bits per heavy atom. The molecular weight excluding hydrogens is 480 g/mol. The number of anilines is 1. The third-order valence-corrected chi connectivity index (χ3v) is 11.2. The van der Waals surface area contributed by atoms with E-state index in [2.05, 4.69) is 22.8 Å². The summed E-state index contributed by atoms with van der Waals surface area (Å²) < 4.78 is 34.7. The Balaban J connectivity index is 0.000000691. The summed E-state index contributed by atoms with van der Waals surface area (Å²) in [5.74, 6) is 0. The molecule has 0 saturated carbocycles. The molecule has 1 rings (SSSR count). The minimum atomic E-state index is -2.47. The molecule has 0 unspecified atom stereocenters. The zero-order chi connectivity index (χ0) is 26.3. The number of benzene rings is 1. The number of nitrogens with one attached hydrogen (secondary N) is 2. The molecule has 35 heavy (non-hydrogen) atoms. The molecule has 0 aliphatic heterocycles. The van der Waals surface area contributed by atoms with E-state index in [0.29, 0.717) is 39.6 Å². The molecule has 8 nitrogen and oxygen atoms in total. The monoisotopic (exact) mass is 532 g/mol. The topological polar surface area (TPSA) is 79.4 Å². The molecule has 206 valence electrons. The van der Waals surface area contributed by atoms with Gasteiger partial charge in [0, 0.05) is 64.0 Å². The van der Waals surface area contributed by atoms with Gasteiger partial charge in [-0.3, -0.25) is 0 Å². The maximum atomic E-state index is 5.83. The highest BCUT2D eigenvalue weighted by Gasteiger charge is 2.40. The first-order valence-corrected chi connectivity index (χ1v) is 17.1. The van der Waals surface area contributed by atoms with E-state index in [9.17, 15) is 0 Å². The van der Waals surface area contributed by atoms with Crippen molar-refractivity contribution in [3.05, 3.63) is 30.3 Å². The van der Waals surface area contributed by atoms with E-state index in [0.717, 1.165) is 43.7 Å². The van der Waals surface area contributed by atoms with Crippen molar-refractivity contribution < 1.29 is 26.6 Å². The Morgan fingerprint density at radius 3 is 1.29 bits per heavy atom. The highest BCUT2D eigenvalue weighted by molar-refractivity contribution is 6.61. The lowest BCUT2D eigenvalue weighted by atomic mass is 10.3. The van der Waals surface area contributed by atoms with Crippen LogP contribution in [-0.4, -0.2) is 77.4 Å². The SMILES string of the molecule is CCO[Si](CCCNC)(OCC)OCC.CCO[Si](CCCNc1ccccc1)(OCC)OCC. The van der Waals surface area contributed by atoms with Crippen molar-refractivity contribution in [2.75, 3.05) is 65.1 Å². The molecule has 1 aromatic rings. The number of hydrogen-bond donors (Lipinski definition) is 2. The summed E-state index contributed by atoms with van der Waals surface area (Å²) in [4.78, 5) is 0. The molecule has 0 saturated heterocycles. The quantitative estimate of drug-likeness (QED) is 0.166. The van der Waals surface area contributed by atoms with Crippen molar-refractivity contribution in [3.63, 3.8) is 0 Å². The zero-order valence-corrected chi connectivity index (χ0v) is 25.3. The van der Waals surface area contributed by atoms with Gasteiger partial charge in [0.15, 0.2) is 0 Å². The Bertz CT molecular complexity index is 552. The summed E-state index contributed by atoms with van der Waals surface area (Å²) >= 11 is 0. The lowest BCUT2D eigenvalue weighted by molar-refractivity contribution is 0.0701. The van der Waals surface area contributed by atoms with Crippen LogP contribution in [0.2, 0.25) is 12.1 Å². The summed E-state index contributed by atoms with van der Waals surface area (Å²) in [6, 6.07) is 12.0. The van der Waals surface area contributed by atoms with E-state index >= 15 is 0 Å². The van der Waals surface area contributed by atoms with Crippen molar-refractivity contribution in [2.45, 2.75) is 66.5 Å². The highest BCUT2D eigenvalue weighted by atomic mass is 28.4. The van der Waals surface area contributed by atoms with Crippen LogP contribution in [0.1, 0.15) is 54.4 Å². The predicted octanol–water partition coefficient (Wildman–Crippen LogP) is 5.18. The third-order valence-electron chi connectivity index (χ3n) is 4.86. The van der Waals surface area contributed by atoms with E-state index in [4.69, 9.17) is 26.6 Å². The minimum absolute atomic E-state index is 0.637. The van der Waals surface area contributed by atoms with Crippen LogP contribution >= 0.6 is 0 Å². The van der Waals surface area contributed by atoms with Gasteiger partial charge in [-0.2, -0.15) is 0 Å². The van der Waals surface area contributed by atoms with Crippen LogP contribution in [0.3, 0.4) is 0 Å². The second-order valence-electron chi connectivity index (χ2n) is 7.57. The van der Waals surface area contributed by atoms with E-state index in [1.54, 1.807) is 0 Å². The van der Waals surface area contributed by atoms with E-state index in [1.165, 1.54) is 0 Å². The van der Waals surface area contributed by atoms with Gasteiger partial charge in [-0.15, -0.1) is 0 Å². The van der Waals surface area contributed by atoms with E-state index in [-0.39, 0.29) is 0 Å². The van der Waals surface area contributed by atoms with Gasteiger partial charge in [0.25, 0.3) is 0 Å². The fourth-order valence-electron chi connectivity index (χ4n) is 3.58. The average Bonchev–Trinajstić information content (AvgIpc) is 2.84. The first-order chi connectivity index (χ1) is 17.0. The number of rotatable bonds is 21. The molecule has 0 heterocycles. The average molecular weight is 533 g/mol. The van der Waals surface area contributed by atoms with Gasteiger partial charge in [-0.25, -0.2) is 0 Å². The molecule has 0 amide bonds. The van der Waals surface area contributed by atoms with Crippen LogP contribution in [0.25, 0.3) is 0 Å². The molecule has 0 fully saturated rings. The second kappa shape index (κ2) is 22.4. The van der Waals surface area contributed by atoms with Crippen molar-refractivity contribution in [1.82, 2.24) is 5.32 Å². The molecule has 10 heteroatoms. The summed E-state index contributed by atoms with van der Waals surface area (Å²) in [6.45, 7) is 17.7. The fourth-order valence-corrected chi connectivity index (χ4v) is 8.80. The van der Waals surface area contributed by atoms with Crippen LogP contribution in [-0.2, 0) is 26.6 Å². The first kappa shape index (κ1) is 34.2. The van der Waals surface area contributed by atoms with Gasteiger partial charge in [0.1, 0.15) is 0 Å². The van der Waals surface area contributed by atoms with E-state index < -0.39 is 17.6 Å². The number of para-hydroxylation sites is 1. The fraction of sp³-hybridized carbons (Fsp3) is 0.760. The molecule has 0 atom stereocenters. The Hall–Kier alpha value is -0.826. The van der Waals surface area contributed by atoms with Gasteiger partial charge < -0.3 is 37.2 Å². The molecule has 0 aliphatic rings. The first-order valence-electron chi connectivity index (χ1n) is 13.3. The Morgan fingerprint density at radius 1 is 0.571 bits per heavy atom. The van der Waals surface area contributed by atoms with Crippen molar-refractivity contribution in [2.24, 2.45) is 0 Å². The van der Waals surface area contributed by atoms with Gasteiger partial charge in [-0.1, -0.05) is 18.2 Å². The molecule has 0 spiro atoms. The van der Waals surface area contributed by atoms with Crippen LogP contribution in [0, 0.1) is 0 Å². The lowest BCUT2D eigenvalue weighted by Gasteiger charge is -2.28. The van der Waals surface area contributed by atoms with Gasteiger partial charge in [-0.05, 0) is 80.1 Å². The third kappa shape index (κ3) is 15.8. The van der Waals surface area contributed by atoms with Gasteiger partial charge in [0.05, 0.1) is 0 Å². The maximum absolute atomic E-state index is 5.83. The summed E-state index contributed by atoms with van der Waals surface area (Å²) in [6.07, 6.45) is 2.00. The van der Waals surface area contributed by atoms with Crippen LogP contribution in [0.15, 0.2) is 30.3 Å². The Kier molecular flexibility index (Phi) is 21.8. The van der Waals surface area contributed by atoms with Crippen molar-refractivity contribution >= 4 is 23.3 Å². The largest absolute Gasteiger partial charge is 0.500 e. The molecule has 0 aliphatic carbocycles.